The van der Waals surface area contributed by atoms with Crippen LogP contribution in [0.5, 0.6) is 0 Å². The van der Waals surface area contributed by atoms with Gasteiger partial charge < -0.3 is 9.80 Å². The topological polar surface area (TPSA) is 69.5 Å². The van der Waals surface area contributed by atoms with Gasteiger partial charge in [0, 0.05) is 31.2 Å². The lowest BCUT2D eigenvalue weighted by atomic mass is 10.1. The van der Waals surface area contributed by atoms with E-state index in [1.807, 2.05) is 24.3 Å². The average Bonchev–Trinajstić information content (AvgIpc) is 2.75. The molecule has 8 heteroatoms. The molecule has 0 spiro atoms. The maximum atomic E-state index is 6.03. The molecule has 2 aliphatic heterocycles. The number of rotatable bonds is 5. The largest absolute Gasteiger partial charge is 0.341 e. The molecule has 7 nitrogen and oxygen atoms in total. The summed E-state index contributed by atoms with van der Waals surface area (Å²) in [6.45, 7) is 3.98. The second-order valence-corrected chi connectivity index (χ2v) is 7.72. The van der Waals surface area contributed by atoms with E-state index >= 15 is 0 Å². The molecule has 1 N–H and O–H groups in total. The lowest BCUT2D eigenvalue weighted by Crippen LogP contribution is -2.34. The molecular formula is C20H26ClN7. The van der Waals surface area contributed by atoms with Crippen molar-refractivity contribution in [3.05, 3.63) is 34.9 Å². The van der Waals surface area contributed by atoms with Gasteiger partial charge >= 0.3 is 0 Å². The molecule has 0 amide bonds. The Morgan fingerprint density at radius 3 is 2.04 bits per heavy atom. The summed E-state index contributed by atoms with van der Waals surface area (Å²) in [6.07, 6.45) is 8.99. The Labute approximate surface area is 170 Å². The Hall–Kier alpha value is -2.41. The molecule has 0 aliphatic carbocycles. The highest BCUT2D eigenvalue weighted by atomic mass is 35.5. The Balaban J connectivity index is 1.55. The van der Waals surface area contributed by atoms with Gasteiger partial charge in [-0.25, -0.2) is 5.43 Å². The maximum absolute atomic E-state index is 6.03. The molecule has 1 aromatic carbocycles. The van der Waals surface area contributed by atoms with Crippen molar-refractivity contribution in [1.29, 1.82) is 0 Å². The number of hydrogen-bond donors (Lipinski definition) is 1. The van der Waals surface area contributed by atoms with E-state index < -0.39 is 0 Å². The number of nitrogens with zero attached hydrogens (tertiary/aromatic N) is 6. The van der Waals surface area contributed by atoms with Gasteiger partial charge in [-0.3, -0.25) is 0 Å². The minimum absolute atomic E-state index is 0.481. The van der Waals surface area contributed by atoms with Gasteiger partial charge in [0.25, 0.3) is 0 Å². The molecule has 0 saturated carbocycles. The van der Waals surface area contributed by atoms with Crippen LogP contribution in [0.4, 0.5) is 17.8 Å². The van der Waals surface area contributed by atoms with Crippen LogP contribution < -0.4 is 15.2 Å². The quantitative estimate of drug-likeness (QED) is 0.606. The number of piperidine rings is 2. The summed E-state index contributed by atoms with van der Waals surface area (Å²) < 4.78 is 0. The van der Waals surface area contributed by atoms with Crippen LogP contribution in [0.3, 0.4) is 0 Å². The van der Waals surface area contributed by atoms with E-state index in [1.54, 1.807) is 6.21 Å². The smallest absolute Gasteiger partial charge is 0.250 e. The second kappa shape index (κ2) is 9.19. The van der Waals surface area contributed by atoms with Crippen LogP contribution in [0.25, 0.3) is 0 Å². The summed E-state index contributed by atoms with van der Waals surface area (Å²) in [7, 11) is 0. The van der Waals surface area contributed by atoms with Crippen molar-refractivity contribution < 1.29 is 0 Å². The molecule has 3 heterocycles. The zero-order valence-electron chi connectivity index (χ0n) is 16.0. The number of hydrogen-bond acceptors (Lipinski definition) is 7. The van der Waals surface area contributed by atoms with E-state index in [4.69, 9.17) is 16.6 Å². The molecule has 1 aromatic heterocycles. The van der Waals surface area contributed by atoms with Crippen LogP contribution in [0, 0.1) is 0 Å². The maximum Gasteiger partial charge on any atom is 0.250 e. The van der Waals surface area contributed by atoms with E-state index in [0.29, 0.717) is 11.0 Å². The van der Waals surface area contributed by atoms with Crippen molar-refractivity contribution in [2.75, 3.05) is 41.4 Å². The van der Waals surface area contributed by atoms with Gasteiger partial charge in [-0.15, -0.1) is 0 Å². The number of aromatic nitrogens is 3. The number of anilines is 3. The van der Waals surface area contributed by atoms with E-state index in [9.17, 15) is 0 Å². The predicted molar refractivity (Wildman–Crippen MR) is 115 cm³/mol. The first kappa shape index (κ1) is 18.9. The number of benzene rings is 1. The highest BCUT2D eigenvalue weighted by Crippen LogP contribution is 2.22. The van der Waals surface area contributed by atoms with Crippen molar-refractivity contribution in [3.63, 3.8) is 0 Å². The second-order valence-electron chi connectivity index (χ2n) is 7.28. The van der Waals surface area contributed by atoms with Crippen molar-refractivity contribution in [2.45, 2.75) is 38.5 Å². The minimum atomic E-state index is 0.481. The normalized spacial score (nSPS) is 17.9. The monoisotopic (exact) mass is 399 g/mol. The Morgan fingerprint density at radius 2 is 1.46 bits per heavy atom. The standard InChI is InChI=1S/C20H26ClN7/c21-17-9-7-8-16(14-17)15-22-26-18-23-19(27-10-3-1-4-11-27)25-20(24-18)28-12-5-2-6-13-28/h7-9,14-15H,1-6,10-13H2,(H,23,24,25,26). The average molecular weight is 400 g/mol. The first-order valence-corrected chi connectivity index (χ1v) is 10.5. The summed E-state index contributed by atoms with van der Waals surface area (Å²) in [5, 5.41) is 4.99. The first-order valence-electron chi connectivity index (χ1n) is 10.1. The van der Waals surface area contributed by atoms with E-state index in [-0.39, 0.29) is 0 Å². The summed E-state index contributed by atoms with van der Waals surface area (Å²) in [6, 6.07) is 7.55. The van der Waals surface area contributed by atoms with Crippen molar-refractivity contribution in [2.24, 2.45) is 5.10 Å². The zero-order chi connectivity index (χ0) is 19.2. The molecule has 4 rings (SSSR count). The van der Waals surface area contributed by atoms with Gasteiger partial charge in [-0.1, -0.05) is 23.7 Å². The van der Waals surface area contributed by atoms with Crippen LogP contribution in [0.2, 0.25) is 5.02 Å². The van der Waals surface area contributed by atoms with Gasteiger partial charge in [0.1, 0.15) is 0 Å². The molecule has 0 unspecified atom stereocenters. The molecule has 2 saturated heterocycles. The highest BCUT2D eigenvalue weighted by molar-refractivity contribution is 6.30. The minimum Gasteiger partial charge on any atom is -0.341 e. The molecule has 0 radical (unpaired) electrons. The molecule has 0 bridgehead atoms. The highest BCUT2D eigenvalue weighted by Gasteiger charge is 2.20. The number of halogens is 1. The van der Waals surface area contributed by atoms with Crippen LogP contribution in [-0.4, -0.2) is 47.3 Å². The first-order chi connectivity index (χ1) is 13.8. The molecular weight excluding hydrogens is 374 g/mol. The van der Waals surface area contributed by atoms with Gasteiger partial charge in [0.15, 0.2) is 0 Å². The third-order valence-corrected chi connectivity index (χ3v) is 5.35. The molecule has 0 atom stereocenters. The third-order valence-electron chi connectivity index (χ3n) is 5.12. The summed E-state index contributed by atoms with van der Waals surface area (Å²) >= 11 is 6.03. The Morgan fingerprint density at radius 1 is 0.857 bits per heavy atom. The van der Waals surface area contributed by atoms with Crippen LogP contribution >= 0.6 is 11.6 Å². The number of nitrogens with one attached hydrogen (secondary N) is 1. The van der Waals surface area contributed by atoms with E-state index in [2.05, 4.69) is 30.3 Å². The molecule has 2 aromatic rings. The van der Waals surface area contributed by atoms with Crippen molar-refractivity contribution >= 4 is 35.7 Å². The predicted octanol–water partition coefficient (Wildman–Crippen LogP) is 3.95. The third kappa shape index (κ3) is 4.90. The lowest BCUT2D eigenvalue weighted by molar-refractivity contribution is 0.556. The molecule has 2 aliphatic rings. The van der Waals surface area contributed by atoms with Gasteiger partial charge in [0.05, 0.1) is 6.21 Å². The Bertz CT molecular complexity index is 778. The number of hydrazone groups is 1. The van der Waals surface area contributed by atoms with Crippen molar-refractivity contribution in [3.8, 4) is 0 Å². The van der Waals surface area contributed by atoms with Crippen LogP contribution in [0.1, 0.15) is 44.1 Å². The van der Waals surface area contributed by atoms with Gasteiger partial charge in [-0.05, 0) is 56.2 Å². The molecule has 28 heavy (non-hydrogen) atoms. The van der Waals surface area contributed by atoms with Gasteiger partial charge in [0.2, 0.25) is 17.8 Å². The summed E-state index contributed by atoms with van der Waals surface area (Å²) in [5.74, 6) is 1.97. The van der Waals surface area contributed by atoms with E-state index in [1.165, 1.54) is 38.5 Å². The fourth-order valence-electron chi connectivity index (χ4n) is 3.63. The fraction of sp³-hybridized carbons (Fsp3) is 0.500. The lowest BCUT2D eigenvalue weighted by Gasteiger charge is -2.30. The van der Waals surface area contributed by atoms with Crippen LogP contribution in [0.15, 0.2) is 29.4 Å². The van der Waals surface area contributed by atoms with Gasteiger partial charge in [-0.2, -0.15) is 20.1 Å². The molecule has 148 valence electrons. The fourth-order valence-corrected chi connectivity index (χ4v) is 3.82. The Kier molecular flexibility index (Phi) is 6.21. The van der Waals surface area contributed by atoms with Crippen molar-refractivity contribution in [1.82, 2.24) is 15.0 Å². The van der Waals surface area contributed by atoms with Crippen LogP contribution in [-0.2, 0) is 0 Å². The summed E-state index contributed by atoms with van der Waals surface area (Å²) in [4.78, 5) is 18.5. The molecule has 2 fully saturated rings. The summed E-state index contributed by atoms with van der Waals surface area (Å²) in [5.41, 5.74) is 3.90. The SMILES string of the molecule is Clc1cccc(C=NNc2nc(N3CCCCC3)nc(N3CCCCC3)n2)c1. The zero-order valence-corrected chi connectivity index (χ0v) is 16.8. The van der Waals surface area contributed by atoms with E-state index in [0.717, 1.165) is 43.6 Å².